The standard InChI is InChI=1S/C19H22O2/c1-11-9-13(20)10-12-3-4-14-15(18(11)12)7-8-19(2)16(14)5-6-17(19)21/h7,9-10,14,16,20H,3-6,8H2,1-2H3/t14-,16+,19+/m1/s1. The molecule has 3 atom stereocenters. The molecule has 3 aliphatic rings. The number of ketones is 1. The molecule has 0 aromatic heterocycles. The number of hydrogen-bond donors (Lipinski definition) is 1. The average molecular weight is 282 g/mol. The molecule has 110 valence electrons. The second-order valence-electron chi connectivity index (χ2n) is 7.29. The van der Waals surface area contributed by atoms with Crippen molar-refractivity contribution in [2.45, 2.75) is 46.0 Å². The third-order valence-corrected chi connectivity index (χ3v) is 6.18. The van der Waals surface area contributed by atoms with E-state index in [4.69, 9.17) is 0 Å². The van der Waals surface area contributed by atoms with E-state index < -0.39 is 0 Å². The molecule has 1 saturated carbocycles. The fourth-order valence-corrected chi connectivity index (χ4v) is 5.10. The van der Waals surface area contributed by atoms with Crippen LogP contribution in [0.4, 0.5) is 0 Å². The number of carbonyl (C=O) groups excluding carboxylic acids is 1. The molecule has 0 amide bonds. The molecule has 0 heterocycles. The minimum absolute atomic E-state index is 0.115. The molecule has 21 heavy (non-hydrogen) atoms. The Kier molecular flexibility index (Phi) is 2.64. The molecule has 0 spiro atoms. The van der Waals surface area contributed by atoms with Crippen molar-refractivity contribution >= 4 is 11.4 Å². The highest BCUT2D eigenvalue weighted by molar-refractivity contribution is 5.89. The third kappa shape index (κ3) is 1.68. The molecule has 3 aliphatic carbocycles. The van der Waals surface area contributed by atoms with Crippen LogP contribution >= 0.6 is 0 Å². The smallest absolute Gasteiger partial charge is 0.139 e. The first-order valence-electron chi connectivity index (χ1n) is 8.07. The molecule has 1 aromatic rings. The quantitative estimate of drug-likeness (QED) is 0.780. The zero-order chi connectivity index (χ0) is 14.8. The van der Waals surface area contributed by atoms with Gasteiger partial charge in [0, 0.05) is 11.8 Å². The molecule has 2 heteroatoms. The number of phenols is 1. The Labute approximate surface area is 125 Å². The predicted molar refractivity (Wildman–Crippen MR) is 83.1 cm³/mol. The summed E-state index contributed by atoms with van der Waals surface area (Å²) in [7, 11) is 0. The highest BCUT2D eigenvalue weighted by Gasteiger charge is 2.52. The Morgan fingerprint density at radius 2 is 2.05 bits per heavy atom. The van der Waals surface area contributed by atoms with E-state index >= 15 is 0 Å². The number of aromatic hydroxyl groups is 1. The summed E-state index contributed by atoms with van der Waals surface area (Å²) in [5.74, 6) is 1.90. The first-order chi connectivity index (χ1) is 10.0. The van der Waals surface area contributed by atoms with E-state index in [0.29, 0.717) is 23.4 Å². The van der Waals surface area contributed by atoms with Gasteiger partial charge in [0.15, 0.2) is 0 Å². The van der Waals surface area contributed by atoms with Gasteiger partial charge in [-0.15, -0.1) is 0 Å². The average Bonchev–Trinajstić information content (AvgIpc) is 2.74. The molecule has 2 nitrogen and oxygen atoms in total. The Hall–Kier alpha value is -1.57. The molecule has 0 radical (unpaired) electrons. The Bertz CT molecular complexity index is 670. The molecule has 1 fully saturated rings. The summed E-state index contributed by atoms with van der Waals surface area (Å²) in [5.41, 5.74) is 5.14. The summed E-state index contributed by atoms with van der Waals surface area (Å²) in [5, 5.41) is 9.83. The minimum atomic E-state index is -0.115. The lowest BCUT2D eigenvalue weighted by molar-refractivity contribution is -0.126. The molecule has 4 rings (SSSR count). The fourth-order valence-electron chi connectivity index (χ4n) is 5.10. The van der Waals surface area contributed by atoms with E-state index in [9.17, 15) is 9.90 Å². The van der Waals surface area contributed by atoms with E-state index in [2.05, 4.69) is 19.9 Å². The summed E-state index contributed by atoms with van der Waals surface area (Å²) < 4.78 is 0. The number of carbonyl (C=O) groups is 1. The summed E-state index contributed by atoms with van der Waals surface area (Å²) in [4.78, 5) is 12.3. The van der Waals surface area contributed by atoms with Gasteiger partial charge in [-0.2, -0.15) is 0 Å². The molecule has 1 aromatic carbocycles. The summed E-state index contributed by atoms with van der Waals surface area (Å²) in [6, 6.07) is 3.79. The Morgan fingerprint density at radius 1 is 1.24 bits per heavy atom. The Balaban J connectivity index is 1.85. The van der Waals surface area contributed by atoms with Crippen LogP contribution in [0.3, 0.4) is 0 Å². The number of phenolic OH excluding ortho intramolecular Hbond substituents is 1. The predicted octanol–water partition coefficient (Wildman–Crippen LogP) is 4.04. The number of rotatable bonds is 0. The third-order valence-electron chi connectivity index (χ3n) is 6.18. The normalized spacial score (nSPS) is 34.0. The lowest BCUT2D eigenvalue weighted by Crippen LogP contribution is -2.38. The van der Waals surface area contributed by atoms with Gasteiger partial charge in [-0.25, -0.2) is 0 Å². The molecule has 0 saturated heterocycles. The second kappa shape index (κ2) is 4.22. The van der Waals surface area contributed by atoms with Crippen molar-refractivity contribution in [2.75, 3.05) is 0 Å². The van der Waals surface area contributed by atoms with Crippen LogP contribution in [0.1, 0.15) is 49.3 Å². The van der Waals surface area contributed by atoms with Crippen LogP contribution in [0.5, 0.6) is 5.75 Å². The summed E-state index contributed by atoms with van der Waals surface area (Å²) >= 11 is 0. The number of allylic oxidation sites excluding steroid dienone is 2. The maximum absolute atomic E-state index is 12.3. The molecule has 0 unspecified atom stereocenters. The topological polar surface area (TPSA) is 37.3 Å². The van der Waals surface area contributed by atoms with Crippen LogP contribution in [-0.2, 0) is 11.2 Å². The van der Waals surface area contributed by atoms with Crippen molar-refractivity contribution in [3.05, 3.63) is 34.9 Å². The lowest BCUT2D eigenvalue weighted by Gasteiger charge is -2.43. The molecule has 0 aliphatic heterocycles. The van der Waals surface area contributed by atoms with E-state index in [0.717, 1.165) is 32.1 Å². The van der Waals surface area contributed by atoms with Crippen LogP contribution in [0.25, 0.3) is 5.57 Å². The molecule has 0 bridgehead atoms. The van der Waals surface area contributed by atoms with Crippen LogP contribution in [0, 0.1) is 24.2 Å². The van der Waals surface area contributed by atoms with Gasteiger partial charge >= 0.3 is 0 Å². The first kappa shape index (κ1) is 13.1. The van der Waals surface area contributed by atoms with E-state index in [1.54, 1.807) is 0 Å². The zero-order valence-electron chi connectivity index (χ0n) is 12.8. The van der Waals surface area contributed by atoms with Gasteiger partial charge in [-0.3, -0.25) is 4.79 Å². The van der Waals surface area contributed by atoms with Crippen molar-refractivity contribution in [3.8, 4) is 5.75 Å². The van der Waals surface area contributed by atoms with Crippen LogP contribution in [-0.4, -0.2) is 10.9 Å². The van der Waals surface area contributed by atoms with E-state index in [-0.39, 0.29) is 5.41 Å². The van der Waals surface area contributed by atoms with Crippen molar-refractivity contribution in [2.24, 2.45) is 17.3 Å². The van der Waals surface area contributed by atoms with Gasteiger partial charge in [-0.1, -0.05) is 13.0 Å². The van der Waals surface area contributed by atoms with E-state index in [1.807, 2.05) is 12.1 Å². The maximum Gasteiger partial charge on any atom is 0.139 e. The minimum Gasteiger partial charge on any atom is -0.508 e. The van der Waals surface area contributed by atoms with Gasteiger partial charge in [0.2, 0.25) is 0 Å². The lowest BCUT2D eigenvalue weighted by atomic mass is 9.60. The highest BCUT2D eigenvalue weighted by Crippen LogP contribution is 2.57. The van der Waals surface area contributed by atoms with Crippen LogP contribution < -0.4 is 0 Å². The van der Waals surface area contributed by atoms with Crippen molar-refractivity contribution in [1.82, 2.24) is 0 Å². The number of aryl methyl sites for hydroxylation is 2. The SMILES string of the molecule is Cc1cc(O)cc2c1C1=CC[C@]3(C)C(=O)CC[C@H]3[C@@H]1CC2. The van der Waals surface area contributed by atoms with Crippen molar-refractivity contribution in [3.63, 3.8) is 0 Å². The van der Waals surface area contributed by atoms with Crippen LogP contribution in [0.15, 0.2) is 18.2 Å². The van der Waals surface area contributed by atoms with Crippen LogP contribution in [0.2, 0.25) is 0 Å². The number of Topliss-reactive ketones (excluding diaryl/α,β-unsaturated/α-hetero) is 1. The van der Waals surface area contributed by atoms with Crippen molar-refractivity contribution in [1.29, 1.82) is 0 Å². The van der Waals surface area contributed by atoms with Gasteiger partial charge in [0.05, 0.1) is 0 Å². The monoisotopic (exact) mass is 282 g/mol. The molecule has 1 N–H and O–H groups in total. The molecular weight excluding hydrogens is 260 g/mol. The van der Waals surface area contributed by atoms with Gasteiger partial charge in [-0.05, 0) is 78.8 Å². The number of fused-ring (bicyclic) bond motifs is 5. The van der Waals surface area contributed by atoms with E-state index in [1.165, 1.54) is 22.3 Å². The largest absolute Gasteiger partial charge is 0.508 e. The summed E-state index contributed by atoms with van der Waals surface area (Å²) in [6.45, 7) is 4.27. The highest BCUT2D eigenvalue weighted by atomic mass is 16.3. The molecular formula is C19H22O2. The zero-order valence-corrected chi connectivity index (χ0v) is 12.8. The second-order valence-corrected chi connectivity index (χ2v) is 7.29. The van der Waals surface area contributed by atoms with Crippen molar-refractivity contribution < 1.29 is 9.90 Å². The Morgan fingerprint density at radius 3 is 2.86 bits per heavy atom. The van der Waals surface area contributed by atoms with Gasteiger partial charge in [0.1, 0.15) is 11.5 Å². The number of hydrogen-bond acceptors (Lipinski definition) is 2. The van der Waals surface area contributed by atoms with Gasteiger partial charge in [0.25, 0.3) is 0 Å². The number of benzene rings is 1. The first-order valence-corrected chi connectivity index (χ1v) is 8.07. The maximum atomic E-state index is 12.3. The van der Waals surface area contributed by atoms with Gasteiger partial charge < -0.3 is 5.11 Å². The fraction of sp³-hybridized carbons (Fsp3) is 0.526. The summed E-state index contributed by atoms with van der Waals surface area (Å²) in [6.07, 6.45) is 7.18.